The maximum atomic E-state index is 14.6. The molecule has 0 unspecified atom stereocenters. The number of likely N-dealkylation sites (N-methyl/N-ethyl adjacent to an activating group) is 3. The summed E-state index contributed by atoms with van der Waals surface area (Å²) in [7, 11) is 7.92. The number of phenols is 1. The third-order valence-electron chi connectivity index (χ3n) is 11.0. The Kier molecular flexibility index (Phi) is 17.5. The average molecular weight is 786 g/mol. The molecule has 0 bridgehead atoms. The van der Waals surface area contributed by atoms with Crippen LogP contribution in [0.4, 0.5) is 0 Å². The van der Waals surface area contributed by atoms with Crippen molar-refractivity contribution in [2.45, 2.75) is 97.9 Å². The zero-order valence-corrected chi connectivity index (χ0v) is 35.7. The van der Waals surface area contributed by atoms with E-state index in [2.05, 4.69) is 0 Å². The van der Waals surface area contributed by atoms with Crippen LogP contribution in [0.25, 0.3) is 0 Å². The van der Waals surface area contributed by atoms with Crippen LogP contribution >= 0.6 is 0 Å². The Morgan fingerprint density at radius 2 is 1.07 bits per heavy atom. The first kappa shape index (κ1) is 46.4. The third kappa shape index (κ3) is 13.0. The van der Waals surface area contributed by atoms with Crippen molar-refractivity contribution in [1.82, 2.24) is 14.7 Å². The number of ether oxygens (including phenoxy) is 2. The number of carbonyl (C=O) groups is 5. The van der Waals surface area contributed by atoms with E-state index >= 15 is 0 Å². The Morgan fingerprint density at radius 1 is 0.632 bits per heavy atom. The van der Waals surface area contributed by atoms with Crippen molar-refractivity contribution in [3.05, 3.63) is 101 Å². The maximum Gasteiger partial charge on any atom is 0.328 e. The van der Waals surface area contributed by atoms with Crippen LogP contribution in [0, 0.1) is 31.6 Å². The molecule has 57 heavy (non-hydrogen) atoms. The fourth-order valence-corrected chi connectivity index (χ4v) is 6.79. The molecule has 0 fully saturated rings. The van der Waals surface area contributed by atoms with Gasteiger partial charge in [-0.15, -0.1) is 0 Å². The van der Waals surface area contributed by atoms with E-state index in [1.807, 2.05) is 90.1 Å². The van der Waals surface area contributed by atoms with E-state index in [1.54, 1.807) is 31.1 Å². The lowest BCUT2D eigenvalue weighted by Gasteiger charge is -2.36. The summed E-state index contributed by atoms with van der Waals surface area (Å²) in [6.45, 7) is 11.4. The molecule has 11 nitrogen and oxygen atoms in total. The Hall–Kier alpha value is -5.03. The first-order valence-corrected chi connectivity index (χ1v) is 19.8. The van der Waals surface area contributed by atoms with Gasteiger partial charge in [0.2, 0.25) is 11.8 Å². The van der Waals surface area contributed by atoms with E-state index in [-0.39, 0.29) is 42.6 Å². The molecule has 0 heterocycles. The minimum absolute atomic E-state index is 0.0500. The van der Waals surface area contributed by atoms with Gasteiger partial charge < -0.3 is 24.4 Å². The number of carbonyl (C=O) groups excluding carboxylic acids is 5. The van der Waals surface area contributed by atoms with Gasteiger partial charge in [-0.25, -0.2) is 4.79 Å². The molecule has 0 aromatic heterocycles. The highest BCUT2D eigenvalue weighted by atomic mass is 16.5. The van der Waals surface area contributed by atoms with Crippen LogP contribution in [0.5, 0.6) is 5.75 Å². The predicted octanol–water partition coefficient (Wildman–Crippen LogP) is 5.98. The molecule has 0 aliphatic rings. The lowest BCUT2D eigenvalue weighted by molar-refractivity contribution is -0.163. The monoisotopic (exact) mass is 785 g/mol. The van der Waals surface area contributed by atoms with Gasteiger partial charge in [-0.2, -0.15) is 0 Å². The fraction of sp³-hybridized carbons (Fsp3) is 0.500. The summed E-state index contributed by atoms with van der Waals surface area (Å²) >= 11 is 0. The van der Waals surface area contributed by atoms with E-state index in [0.29, 0.717) is 18.4 Å². The summed E-state index contributed by atoms with van der Waals surface area (Å²) in [6, 6.07) is 19.2. The van der Waals surface area contributed by atoms with Crippen LogP contribution in [0.3, 0.4) is 0 Å². The second kappa shape index (κ2) is 21.5. The summed E-state index contributed by atoms with van der Waals surface area (Å²) in [5.41, 5.74) is 4.63. The molecule has 11 heteroatoms. The fourth-order valence-electron chi connectivity index (χ4n) is 6.79. The minimum Gasteiger partial charge on any atom is -0.508 e. The summed E-state index contributed by atoms with van der Waals surface area (Å²) in [6.07, 6.45) is -0.0562. The van der Waals surface area contributed by atoms with Gasteiger partial charge in [-0.3, -0.25) is 24.1 Å². The van der Waals surface area contributed by atoms with Crippen LogP contribution in [0.2, 0.25) is 0 Å². The number of esters is 2. The van der Waals surface area contributed by atoms with Gasteiger partial charge in [-0.1, -0.05) is 99.5 Å². The van der Waals surface area contributed by atoms with Crippen LogP contribution in [0.15, 0.2) is 72.8 Å². The Balaban J connectivity index is 1.93. The summed E-state index contributed by atoms with van der Waals surface area (Å²) in [5.74, 6) is -3.85. The first-order valence-electron chi connectivity index (χ1n) is 19.8. The number of aromatic hydroxyl groups is 1. The zero-order valence-electron chi connectivity index (χ0n) is 35.7. The van der Waals surface area contributed by atoms with E-state index in [9.17, 15) is 29.1 Å². The zero-order chi connectivity index (χ0) is 42.6. The van der Waals surface area contributed by atoms with Gasteiger partial charge in [0.15, 0.2) is 11.9 Å². The van der Waals surface area contributed by atoms with Crippen LogP contribution in [-0.2, 0) is 52.7 Å². The molecule has 1 N–H and O–H groups in total. The van der Waals surface area contributed by atoms with Gasteiger partial charge >= 0.3 is 11.9 Å². The molecule has 0 saturated heterocycles. The summed E-state index contributed by atoms with van der Waals surface area (Å²) < 4.78 is 11.2. The number of aryl methyl sites for hydroxylation is 2. The largest absolute Gasteiger partial charge is 0.508 e. The number of hydrogen-bond acceptors (Lipinski definition) is 9. The number of amides is 2. The highest BCUT2D eigenvalue weighted by Gasteiger charge is 2.40. The van der Waals surface area contributed by atoms with Gasteiger partial charge in [0.1, 0.15) is 23.9 Å². The Bertz CT molecular complexity index is 1790. The second-order valence-electron chi connectivity index (χ2n) is 15.9. The van der Waals surface area contributed by atoms with Gasteiger partial charge in [0.25, 0.3) is 0 Å². The quantitative estimate of drug-likeness (QED) is 0.137. The van der Waals surface area contributed by atoms with Crippen molar-refractivity contribution in [3.8, 4) is 5.75 Å². The van der Waals surface area contributed by atoms with Crippen molar-refractivity contribution in [1.29, 1.82) is 0 Å². The number of Topliss-reactive ketones (excluding diaryl/α,β-unsaturated/α-hetero) is 1. The number of rotatable bonds is 20. The SMILES string of the molecule is CC[C@H](C)[C@@H](OC(=O)[C@H](Cc1ccc(C)cc1)N(C)C)C(=O)C[C@H](C(=O)N(C)[C@H](Cc1ccc(O)cc1)C(=O)N(C)[C@@H](Cc1ccc(C)cc1)C(=O)OC)C(C)C. The molecule has 3 aromatic carbocycles. The summed E-state index contributed by atoms with van der Waals surface area (Å²) in [4.78, 5) is 74.7. The lowest BCUT2D eigenvalue weighted by Crippen LogP contribution is -2.55. The number of nitrogens with zero attached hydrogens (tertiary/aromatic N) is 3. The number of methoxy groups -OCH3 is 1. The number of hydrogen-bond donors (Lipinski definition) is 1. The standard InChI is InChI=1S/C46H63N3O8/c1-12-32(6)42(57-46(55)39(47(7)8)26-33-17-13-30(4)14-18-33)41(51)28-37(29(2)3)43(52)48(9)38(25-35-21-23-36(50)24-22-35)44(53)49(10)40(45(54)56-11)27-34-19-15-31(5)16-20-34/h13-24,29,32,37-40,42,50H,12,25-28H2,1-11H3/t32-,37-,38+,39-,40-,42+/m0/s1. The van der Waals surface area contributed by atoms with Gasteiger partial charge in [0, 0.05) is 45.2 Å². The van der Waals surface area contributed by atoms with Crippen molar-refractivity contribution in [2.75, 3.05) is 35.3 Å². The molecule has 6 atom stereocenters. The highest BCUT2D eigenvalue weighted by Crippen LogP contribution is 2.26. The van der Waals surface area contributed by atoms with E-state index in [4.69, 9.17) is 9.47 Å². The molecule has 0 aliphatic carbocycles. The molecule has 0 radical (unpaired) electrons. The normalized spacial score (nSPS) is 14.5. The molecular weight excluding hydrogens is 723 g/mol. The van der Waals surface area contributed by atoms with E-state index in [0.717, 1.165) is 22.3 Å². The number of benzene rings is 3. The molecule has 2 amide bonds. The average Bonchev–Trinajstić information content (AvgIpc) is 3.19. The molecule has 3 rings (SSSR count). The maximum absolute atomic E-state index is 14.6. The molecule has 0 saturated carbocycles. The first-order chi connectivity index (χ1) is 26.9. The van der Waals surface area contributed by atoms with Crippen LogP contribution in [0.1, 0.15) is 68.4 Å². The molecular formula is C46H63N3O8. The smallest absolute Gasteiger partial charge is 0.328 e. The summed E-state index contributed by atoms with van der Waals surface area (Å²) in [5, 5.41) is 9.95. The van der Waals surface area contributed by atoms with Crippen molar-refractivity contribution in [3.63, 3.8) is 0 Å². The lowest BCUT2D eigenvalue weighted by atomic mass is 9.85. The predicted molar refractivity (Wildman–Crippen MR) is 221 cm³/mol. The molecule has 0 aliphatic heterocycles. The second-order valence-corrected chi connectivity index (χ2v) is 15.9. The van der Waals surface area contributed by atoms with Crippen LogP contribution < -0.4 is 0 Å². The van der Waals surface area contributed by atoms with Gasteiger partial charge in [-0.05, 0) is 75.5 Å². The van der Waals surface area contributed by atoms with Crippen molar-refractivity contribution < 1.29 is 38.6 Å². The number of ketones is 1. The van der Waals surface area contributed by atoms with Crippen molar-refractivity contribution >= 4 is 29.5 Å². The van der Waals surface area contributed by atoms with E-state index in [1.165, 1.54) is 43.1 Å². The number of phenolic OH excluding ortho intramolecular Hbond substituents is 1. The Morgan fingerprint density at radius 3 is 1.51 bits per heavy atom. The highest BCUT2D eigenvalue weighted by molar-refractivity contribution is 5.94. The molecule has 3 aromatic rings. The van der Waals surface area contributed by atoms with Crippen molar-refractivity contribution in [2.24, 2.45) is 17.8 Å². The topological polar surface area (TPSA) is 134 Å². The van der Waals surface area contributed by atoms with E-state index < -0.39 is 53.9 Å². The van der Waals surface area contributed by atoms with Crippen LogP contribution in [-0.4, -0.2) is 109 Å². The minimum atomic E-state index is -1.08. The third-order valence-corrected chi connectivity index (χ3v) is 11.0. The Labute approximate surface area is 339 Å². The van der Waals surface area contributed by atoms with Gasteiger partial charge in [0.05, 0.1) is 7.11 Å². The molecule has 310 valence electrons. The molecule has 0 spiro atoms.